The molecule has 2 saturated heterocycles. The Kier molecular flexibility index (Phi) is 5.43. The van der Waals surface area contributed by atoms with Gasteiger partial charge in [0.2, 0.25) is 0 Å². The minimum atomic E-state index is -0.295. The summed E-state index contributed by atoms with van der Waals surface area (Å²) in [6.45, 7) is 4.73. The van der Waals surface area contributed by atoms with Crippen LogP contribution in [0.3, 0.4) is 0 Å². The first kappa shape index (κ1) is 17.5. The number of hydrogen-bond acceptors (Lipinski definition) is 4. The van der Waals surface area contributed by atoms with E-state index >= 15 is 0 Å². The van der Waals surface area contributed by atoms with Crippen LogP contribution in [0.5, 0.6) is 5.75 Å². The van der Waals surface area contributed by atoms with E-state index in [0.717, 1.165) is 18.4 Å². The Morgan fingerprint density at radius 2 is 1.92 bits per heavy atom. The number of carbonyl (C=O) groups is 2. The highest BCUT2D eigenvalue weighted by molar-refractivity contribution is 5.91. The maximum Gasteiger partial charge on any atom is 0.322 e. The van der Waals surface area contributed by atoms with Crippen LogP contribution >= 0.6 is 0 Å². The quantitative estimate of drug-likeness (QED) is 0.906. The Bertz CT molecular complexity index is 635. The maximum absolute atomic E-state index is 12.5. The zero-order chi connectivity index (χ0) is 17.8. The van der Waals surface area contributed by atoms with Crippen molar-refractivity contribution in [3.05, 3.63) is 23.8 Å². The van der Waals surface area contributed by atoms with Gasteiger partial charge in [0, 0.05) is 32.8 Å². The molecule has 0 radical (unpaired) electrons. The highest BCUT2D eigenvalue weighted by Crippen LogP contribution is 2.25. The van der Waals surface area contributed by atoms with E-state index in [1.807, 2.05) is 25.1 Å². The summed E-state index contributed by atoms with van der Waals surface area (Å²) < 4.78 is 10.8. The lowest BCUT2D eigenvalue weighted by Crippen LogP contribution is -2.53. The lowest BCUT2D eigenvalue weighted by atomic mass is 10.2. The summed E-state index contributed by atoms with van der Waals surface area (Å²) in [5, 5.41) is 2.91. The first-order valence-corrected chi connectivity index (χ1v) is 8.69. The summed E-state index contributed by atoms with van der Waals surface area (Å²) in [5.41, 5.74) is 1.70. The van der Waals surface area contributed by atoms with E-state index in [1.54, 1.807) is 16.9 Å². The molecule has 2 fully saturated rings. The molecule has 2 aliphatic rings. The molecule has 3 rings (SSSR count). The van der Waals surface area contributed by atoms with Gasteiger partial charge < -0.3 is 24.6 Å². The van der Waals surface area contributed by atoms with E-state index in [4.69, 9.17) is 9.47 Å². The number of rotatable bonds is 3. The Morgan fingerprint density at radius 1 is 1.20 bits per heavy atom. The number of anilines is 1. The fourth-order valence-corrected chi connectivity index (χ4v) is 3.22. The second-order valence-corrected chi connectivity index (χ2v) is 6.45. The molecule has 1 aromatic rings. The number of benzene rings is 1. The summed E-state index contributed by atoms with van der Waals surface area (Å²) >= 11 is 0. The largest absolute Gasteiger partial charge is 0.495 e. The Morgan fingerprint density at radius 3 is 2.56 bits per heavy atom. The molecule has 0 aromatic heterocycles. The molecular formula is C18H25N3O4. The van der Waals surface area contributed by atoms with E-state index < -0.39 is 0 Å². The molecule has 0 saturated carbocycles. The molecule has 1 N–H and O–H groups in total. The molecule has 7 heteroatoms. The summed E-state index contributed by atoms with van der Waals surface area (Å²) in [6.07, 6.45) is 1.45. The van der Waals surface area contributed by atoms with Crippen molar-refractivity contribution in [1.29, 1.82) is 0 Å². The molecule has 7 nitrogen and oxygen atoms in total. The van der Waals surface area contributed by atoms with Gasteiger partial charge in [-0.2, -0.15) is 0 Å². The van der Waals surface area contributed by atoms with E-state index in [0.29, 0.717) is 44.2 Å². The molecule has 2 aliphatic heterocycles. The van der Waals surface area contributed by atoms with E-state index in [9.17, 15) is 9.59 Å². The number of urea groups is 1. The van der Waals surface area contributed by atoms with Crippen LogP contribution in [0.15, 0.2) is 18.2 Å². The van der Waals surface area contributed by atoms with Crippen molar-refractivity contribution in [1.82, 2.24) is 9.80 Å². The monoisotopic (exact) mass is 347 g/mol. The average Bonchev–Trinajstić information content (AvgIpc) is 3.16. The third-order valence-electron chi connectivity index (χ3n) is 4.68. The third kappa shape index (κ3) is 4.04. The summed E-state index contributed by atoms with van der Waals surface area (Å²) in [5.74, 6) is 0.684. The Labute approximate surface area is 147 Å². The molecule has 0 spiro atoms. The second-order valence-electron chi connectivity index (χ2n) is 6.45. The number of aryl methyl sites for hydroxylation is 1. The van der Waals surface area contributed by atoms with Crippen LogP contribution < -0.4 is 10.1 Å². The van der Waals surface area contributed by atoms with Crippen molar-refractivity contribution in [2.24, 2.45) is 0 Å². The van der Waals surface area contributed by atoms with Crippen molar-refractivity contribution >= 4 is 17.6 Å². The molecule has 3 amide bonds. The molecule has 136 valence electrons. The zero-order valence-corrected chi connectivity index (χ0v) is 14.8. The highest BCUT2D eigenvalue weighted by atomic mass is 16.5. The summed E-state index contributed by atoms with van der Waals surface area (Å²) in [7, 11) is 1.58. The third-order valence-corrected chi connectivity index (χ3v) is 4.68. The Balaban J connectivity index is 1.55. The number of amides is 3. The molecule has 0 aliphatic carbocycles. The van der Waals surface area contributed by atoms with Gasteiger partial charge >= 0.3 is 6.03 Å². The van der Waals surface area contributed by atoms with Gasteiger partial charge in [0.15, 0.2) is 0 Å². The van der Waals surface area contributed by atoms with Gasteiger partial charge in [-0.05, 0) is 37.5 Å². The van der Waals surface area contributed by atoms with Gasteiger partial charge in [0.1, 0.15) is 11.9 Å². The molecule has 0 unspecified atom stereocenters. The molecule has 25 heavy (non-hydrogen) atoms. The van der Waals surface area contributed by atoms with Crippen molar-refractivity contribution in [2.45, 2.75) is 25.9 Å². The second kappa shape index (κ2) is 7.74. The van der Waals surface area contributed by atoms with Gasteiger partial charge in [-0.1, -0.05) is 6.07 Å². The van der Waals surface area contributed by atoms with Crippen molar-refractivity contribution in [2.75, 3.05) is 45.2 Å². The van der Waals surface area contributed by atoms with Gasteiger partial charge in [0.05, 0.1) is 12.8 Å². The van der Waals surface area contributed by atoms with Crippen LogP contribution in [0.1, 0.15) is 18.4 Å². The smallest absolute Gasteiger partial charge is 0.322 e. The molecule has 1 aromatic carbocycles. The fraction of sp³-hybridized carbons (Fsp3) is 0.556. The van der Waals surface area contributed by atoms with Crippen LogP contribution in [0, 0.1) is 6.92 Å². The zero-order valence-electron chi connectivity index (χ0n) is 14.8. The topological polar surface area (TPSA) is 71.1 Å². The van der Waals surface area contributed by atoms with E-state index in [2.05, 4.69) is 5.32 Å². The molecular weight excluding hydrogens is 322 g/mol. The van der Waals surface area contributed by atoms with Crippen LogP contribution in [-0.2, 0) is 9.53 Å². The van der Waals surface area contributed by atoms with Gasteiger partial charge in [-0.3, -0.25) is 4.79 Å². The lowest BCUT2D eigenvalue weighted by molar-refractivity contribution is -0.142. The summed E-state index contributed by atoms with van der Waals surface area (Å²) in [6, 6.07) is 5.48. The normalized spacial score (nSPS) is 20.5. The van der Waals surface area contributed by atoms with Crippen LogP contribution in [-0.4, -0.2) is 67.7 Å². The number of nitrogens with one attached hydrogen (secondary N) is 1. The van der Waals surface area contributed by atoms with Crippen LogP contribution in [0.4, 0.5) is 10.5 Å². The lowest BCUT2D eigenvalue weighted by Gasteiger charge is -2.35. The first-order valence-electron chi connectivity index (χ1n) is 8.69. The van der Waals surface area contributed by atoms with E-state index in [-0.39, 0.29) is 18.0 Å². The number of nitrogens with zero attached hydrogens (tertiary/aromatic N) is 2. The van der Waals surface area contributed by atoms with Gasteiger partial charge in [0.25, 0.3) is 5.91 Å². The predicted octanol–water partition coefficient (Wildman–Crippen LogP) is 1.86. The van der Waals surface area contributed by atoms with Crippen molar-refractivity contribution < 1.29 is 19.1 Å². The van der Waals surface area contributed by atoms with E-state index in [1.165, 1.54) is 0 Å². The van der Waals surface area contributed by atoms with Crippen molar-refractivity contribution in [3.8, 4) is 5.75 Å². The Hall–Kier alpha value is -2.28. The van der Waals surface area contributed by atoms with Gasteiger partial charge in [-0.15, -0.1) is 0 Å². The SMILES string of the molecule is COc1ccc(C)cc1NC(=O)N1CCN(C(=O)[C@@H]2CCCO2)CC1. The standard InChI is InChI=1S/C18H25N3O4/c1-13-5-6-15(24-2)14(12-13)19-18(23)21-9-7-20(8-10-21)17(22)16-4-3-11-25-16/h5-6,12,16H,3-4,7-11H2,1-2H3,(H,19,23)/t16-/m0/s1. The minimum absolute atomic E-state index is 0.0536. The summed E-state index contributed by atoms with van der Waals surface area (Å²) in [4.78, 5) is 28.4. The van der Waals surface area contributed by atoms with Gasteiger partial charge in [-0.25, -0.2) is 4.79 Å². The minimum Gasteiger partial charge on any atom is -0.495 e. The number of methoxy groups -OCH3 is 1. The van der Waals surface area contributed by atoms with Crippen LogP contribution in [0.25, 0.3) is 0 Å². The number of hydrogen-bond donors (Lipinski definition) is 1. The number of piperazine rings is 1. The maximum atomic E-state index is 12.5. The average molecular weight is 347 g/mol. The van der Waals surface area contributed by atoms with Crippen LogP contribution in [0.2, 0.25) is 0 Å². The molecule has 1 atom stereocenters. The number of carbonyl (C=O) groups excluding carboxylic acids is 2. The highest BCUT2D eigenvalue weighted by Gasteiger charge is 2.31. The predicted molar refractivity (Wildman–Crippen MR) is 93.9 cm³/mol. The molecule has 2 heterocycles. The first-order chi connectivity index (χ1) is 12.1. The molecule has 0 bridgehead atoms. The fourth-order valence-electron chi connectivity index (χ4n) is 3.22. The number of ether oxygens (including phenoxy) is 2. The van der Waals surface area contributed by atoms with Crippen molar-refractivity contribution in [3.63, 3.8) is 0 Å².